The van der Waals surface area contributed by atoms with Crippen LogP contribution in [0.15, 0.2) is 42.2 Å². The molecule has 1 amide bonds. The Kier molecular flexibility index (Phi) is 5.62. The number of pyridine rings is 1. The third kappa shape index (κ3) is 4.29. The largest absolute Gasteiger partial charge is 0.422 e. The number of rotatable bonds is 6. The van der Waals surface area contributed by atoms with Gasteiger partial charge in [-0.2, -0.15) is 13.2 Å². The topological polar surface area (TPSA) is 131 Å². The highest BCUT2D eigenvalue weighted by Gasteiger charge is 2.54. The van der Waals surface area contributed by atoms with Gasteiger partial charge in [-0.05, 0) is 24.1 Å². The van der Waals surface area contributed by atoms with Gasteiger partial charge in [-0.15, -0.1) is 0 Å². The Morgan fingerprint density at radius 2 is 1.89 bits per heavy atom. The van der Waals surface area contributed by atoms with Crippen LogP contribution in [0.3, 0.4) is 0 Å². The molecule has 0 aliphatic heterocycles. The van der Waals surface area contributed by atoms with Gasteiger partial charge in [0.1, 0.15) is 5.69 Å². The number of benzene rings is 1. The maximum atomic E-state index is 13.0. The number of alkyl halides is 3. The zero-order valence-corrected chi connectivity index (χ0v) is 14.5. The van der Waals surface area contributed by atoms with E-state index in [-0.39, 0.29) is 12.2 Å². The predicted octanol–water partition coefficient (Wildman–Crippen LogP) is 1.51. The standard InChI is InChI=1S/C17H20F3N5O2/c1-2-16(27,17(18,19)20)14(21)9-25(23)8-10-3-4-11-5-6-12(15(22)26)24-13(11)7-10/h3-7,9,27H,2,8,21,23H2,1H3,(H2,22,26)/b14-9-. The molecule has 7 N–H and O–H groups in total. The highest BCUT2D eigenvalue weighted by molar-refractivity contribution is 5.93. The van der Waals surface area contributed by atoms with Crippen molar-refractivity contribution in [2.45, 2.75) is 31.7 Å². The molecule has 0 aliphatic rings. The number of aliphatic hydroxyl groups is 1. The van der Waals surface area contributed by atoms with Crippen LogP contribution >= 0.6 is 0 Å². The Balaban J connectivity index is 2.26. The molecule has 1 aromatic carbocycles. The fourth-order valence-corrected chi connectivity index (χ4v) is 2.51. The first-order valence-corrected chi connectivity index (χ1v) is 7.95. The lowest BCUT2D eigenvalue weighted by atomic mass is 9.96. The van der Waals surface area contributed by atoms with Gasteiger partial charge in [0.15, 0.2) is 0 Å². The average molecular weight is 383 g/mol. The van der Waals surface area contributed by atoms with Gasteiger partial charge in [0, 0.05) is 11.6 Å². The number of aromatic nitrogens is 1. The lowest BCUT2D eigenvalue weighted by Crippen LogP contribution is -2.49. The molecule has 1 aromatic heterocycles. The third-order valence-corrected chi connectivity index (χ3v) is 4.14. The number of hydrogen-bond acceptors (Lipinski definition) is 6. The minimum absolute atomic E-state index is 0.00320. The Bertz CT molecular complexity index is 884. The van der Waals surface area contributed by atoms with Crippen LogP contribution in [-0.4, -0.2) is 32.8 Å². The van der Waals surface area contributed by atoms with E-state index >= 15 is 0 Å². The van der Waals surface area contributed by atoms with Crippen molar-refractivity contribution in [3.63, 3.8) is 0 Å². The van der Waals surface area contributed by atoms with Gasteiger partial charge in [0.2, 0.25) is 5.60 Å². The van der Waals surface area contributed by atoms with E-state index in [9.17, 15) is 23.1 Å². The van der Waals surface area contributed by atoms with Gasteiger partial charge >= 0.3 is 6.18 Å². The van der Waals surface area contributed by atoms with Gasteiger partial charge in [0.05, 0.1) is 17.8 Å². The second-order valence-corrected chi connectivity index (χ2v) is 6.06. The summed E-state index contributed by atoms with van der Waals surface area (Å²) >= 11 is 0. The van der Waals surface area contributed by atoms with Crippen LogP contribution in [-0.2, 0) is 6.54 Å². The van der Waals surface area contributed by atoms with Crippen molar-refractivity contribution >= 4 is 16.8 Å². The normalized spacial score (nSPS) is 14.8. The van der Waals surface area contributed by atoms with Crippen LogP contribution in [0.25, 0.3) is 10.9 Å². The Morgan fingerprint density at radius 3 is 2.44 bits per heavy atom. The summed E-state index contributed by atoms with van der Waals surface area (Å²) in [5.41, 5.74) is 7.86. The van der Waals surface area contributed by atoms with E-state index < -0.39 is 29.8 Å². The van der Waals surface area contributed by atoms with Crippen LogP contribution in [0, 0.1) is 0 Å². The molecule has 2 rings (SSSR count). The van der Waals surface area contributed by atoms with Crippen LogP contribution in [0.5, 0.6) is 0 Å². The molecule has 1 heterocycles. The van der Waals surface area contributed by atoms with Crippen molar-refractivity contribution in [2.75, 3.05) is 0 Å². The van der Waals surface area contributed by atoms with E-state index in [1.807, 2.05) is 0 Å². The molecule has 10 heteroatoms. The number of hydrazine groups is 1. The van der Waals surface area contributed by atoms with Crippen molar-refractivity contribution in [3.05, 3.63) is 53.5 Å². The molecule has 2 aromatic rings. The van der Waals surface area contributed by atoms with Crippen molar-refractivity contribution in [3.8, 4) is 0 Å². The SMILES string of the molecule is CCC(O)(/C(N)=C/N(N)Cc1ccc2ccc(C(N)=O)nc2c1)C(F)(F)F. The highest BCUT2D eigenvalue weighted by atomic mass is 19.4. The molecule has 0 fully saturated rings. The first kappa shape index (κ1) is 20.5. The molecule has 0 spiro atoms. The van der Waals surface area contributed by atoms with Gasteiger partial charge in [0.25, 0.3) is 5.91 Å². The number of carbonyl (C=O) groups is 1. The molecule has 1 unspecified atom stereocenters. The van der Waals surface area contributed by atoms with E-state index in [1.54, 1.807) is 24.3 Å². The summed E-state index contributed by atoms with van der Waals surface area (Å²) in [6.07, 6.45) is -4.74. The molecule has 0 aliphatic carbocycles. The number of fused-ring (bicyclic) bond motifs is 1. The van der Waals surface area contributed by atoms with Crippen molar-refractivity contribution < 1.29 is 23.1 Å². The van der Waals surface area contributed by atoms with Crippen LogP contribution in [0.1, 0.15) is 29.4 Å². The van der Waals surface area contributed by atoms with E-state index in [1.165, 1.54) is 13.0 Å². The minimum atomic E-state index is -4.93. The Labute approximate surface area is 153 Å². The second kappa shape index (κ2) is 7.41. The average Bonchev–Trinajstić information content (AvgIpc) is 2.58. The molecule has 27 heavy (non-hydrogen) atoms. The summed E-state index contributed by atoms with van der Waals surface area (Å²) in [5.74, 6) is 5.05. The first-order valence-electron chi connectivity index (χ1n) is 7.95. The number of nitrogens with two attached hydrogens (primary N) is 3. The molecule has 146 valence electrons. The molecule has 1 atom stereocenters. The number of amides is 1. The number of hydrogen-bond donors (Lipinski definition) is 4. The van der Waals surface area contributed by atoms with Gasteiger partial charge in [-0.3, -0.25) is 4.79 Å². The first-order chi connectivity index (χ1) is 12.5. The summed E-state index contributed by atoms with van der Waals surface area (Å²) in [6.45, 7) is 1.16. The zero-order chi connectivity index (χ0) is 20.4. The summed E-state index contributed by atoms with van der Waals surface area (Å²) in [5, 5.41) is 11.5. The van der Waals surface area contributed by atoms with E-state index in [0.717, 1.165) is 16.6 Å². The van der Waals surface area contributed by atoms with E-state index in [0.29, 0.717) is 11.1 Å². The van der Waals surface area contributed by atoms with Gasteiger partial charge < -0.3 is 21.6 Å². The summed E-state index contributed by atoms with van der Waals surface area (Å²) in [6, 6.07) is 8.22. The maximum Gasteiger partial charge on any atom is 0.422 e. The lowest BCUT2D eigenvalue weighted by molar-refractivity contribution is -0.245. The third-order valence-electron chi connectivity index (χ3n) is 4.14. The summed E-state index contributed by atoms with van der Waals surface area (Å²) < 4.78 is 39.1. The maximum absolute atomic E-state index is 13.0. The molecule has 0 saturated heterocycles. The zero-order valence-electron chi connectivity index (χ0n) is 14.5. The van der Waals surface area contributed by atoms with Crippen molar-refractivity contribution in [1.82, 2.24) is 9.99 Å². The van der Waals surface area contributed by atoms with Crippen LogP contribution in [0.4, 0.5) is 13.2 Å². The van der Waals surface area contributed by atoms with Crippen LogP contribution < -0.4 is 17.3 Å². The Hall–Kier alpha value is -2.85. The quantitative estimate of drug-likeness (QED) is 0.442. The van der Waals surface area contributed by atoms with E-state index in [2.05, 4.69) is 4.98 Å². The summed E-state index contributed by atoms with van der Waals surface area (Å²) in [7, 11) is 0. The van der Waals surface area contributed by atoms with Crippen molar-refractivity contribution in [1.29, 1.82) is 0 Å². The predicted molar refractivity (Wildman–Crippen MR) is 93.6 cm³/mol. The van der Waals surface area contributed by atoms with Gasteiger partial charge in [-0.25, -0.2) is 10.8 Å². The summed E-state index contributed by atoms with van der Waals surface area (Å²) in [4.78, 5) is 15.4. The molecule has 0 bridgehead atoms. The minimum Gasteiger partial charge on any atom is -0.398 e. The fraction of sp³-hybridized carbons (Fsp3) is 0.294. The smallest absolute Gasteiger partial charge is 0.398 e. The van der Waals surface area contributed by atoms with Crippen LogP contribution in [0.2, 0.25) is 0 Å². The number of primary amides is 1. The lowest BCUT2D eigenvalue weighted by Gasteiger charge is -2.30. The number of halogens is 3. The van der Waals surface area contributed by atoms with Gasteiger partial charge in [-0.1, -0.05) is 25.1 Å². The fourth-order valence-electron chi connectivity index (χ4n) is 2.51. The second-order valence-electron chi connectivity index (χ2n) is 6.06. The molecule has 0 radical (unpaired) electrons. The molecule has 7 nitrogen and oxygen atoms in total. The number of carbonyl (C=O) groups excluding carboxylic acids is 1. The molecule has 0 saturated carbocycles. The number of nitrogens with zero attached hydrogens (tertiary/aromatic N) is 2. The highest BCUT2D eigenvalue weighted by Crippen LogP contribution is 2.36. The van der Waals surface area contributed by atoms with E-state index in [4.69, 9.17) is 17.3 Å². The monoisotopic (exact) mass is 383 g/mol. The molecular formula is C17H20F3N5O2. The molecular weight excluding hydrogens is 363 g/mol. The Morgan fingerprint density at radius 1 is 1.26 bits per heavy atom. The van der Waals surface area contributed by atoms with Crippen molar-refractivity contribution in [2.24, 2.45) is 17.3 Å².